The zero-order chi connectivity index (χ0) is 28.1. The van der Waals surface area contributed by atoms with Crippen LogP contribution in [0, 0.1) is 17.8 Å². The van der Waals surface area contributed by atoms with Crippen LogP contribution in [0.5, 0.6) is 0 Å². The van der Waals surface area contributed by atoms with Gasteiger partial charge in [0.25, 0.3) is 0 Å². The van der Waals surface area contributed by atoms with E-state index in [1.807, 2.05) is 18.2 Å². The number of hydrogen-bond acceptors (Lipinski definition) is 7. The Bertz CT molecular complexity index is 1680. The van der Waals surface area contributed by atoms with Gasteiger partial charge in [-0.05, 0) is 93.0 Å². The quantitative estimate of drug-likeness (QED) is 0.220. The molecule has 5 atom stereocenters. The largest absolute Gasteiger partial charge is 0.478 e. The van der Waals surface area contributed by atoms with Crippen molar-refractivity contribution in [2.45, 2.75) is 68.7 Å². The fraction of sp³-hybridized carbons (Fsp3) is 0.452. The first-order valence-corrected chi connectivity index (χ1v) is 15.7. The predicted octanol–water partition coefficient (Wildman–Crippen LogP) is 7.82. The predicted molar refractivity (Wildman–Crippen MR) is 155 cm³/mol. The Morgan fingerprint density at radius 2 is 1.83 bits per heavy atom. The van der Waals surface area contributed by atoms with Crippen LogP contribution in [0.15, 0.2) is 40.9 Å². The summed E-state index contributed by atoms with van der Waals surface area (Å²) in [6.45, 7) is 0.357. The standard InChI is InChI=1S/C31H28Cl2N2O5S/c32-21-2-1-3-22(33)25(21)26-20(27(40-35-26)16-4-5-16)14-39-30-11-15-8-18(12-30)31(38,19(9-15)13-30)29-34-23-7-6-17(28(36)37)10-24(23)41-29/h1-3,6-7,10,15-16,18-19,38H,4-5,8-9,11-14H2,(H,36,37)/t15-,18-,19+,30-,31+. The van der Waals surface area contributed by atoms with Crippen molar-refractivity contribution in [3.63, 3.8) is 0 Å². The van der Waals surface area contributed by atoms with Gasteiger partial charge in [-0.2, -0.15) is 0 Å². The summed E-state index contributed by atoms with van der Waals surface area (Å²) in [5.41, 5.74) is 1.83. The van der Waals surface area contributed by atoms with Gasteiger partial charge in [-0.25, -0.2) is 9.78 Å². The van der Waals surface area contributed by atoms with Crippen molar-refractivity contribution in [1.29, 1.82) is 0 Å². The SMILES string of the molecule is O=C(O)c1ccc2nc([C@]3(O)[C@@H]4C[C@@H]5C[C@H]3C[C@@](OCc3c(-c6c(Cl)cccc6Cl)noc3C3CC3)(C5)C4)sc2c1. The number of aromatic nitrogens is 2. The van der Waals surface area contributed by atoms with Gasteiger partial charge < -0.3 is 19.5 Å². The first kappa shape index (κ1) is 26.2. The minimum Gasteiger partial charge on any atom is -0.478 e. The second kappa shape index (κ2) is 9.25. The van der Waals surface area contributed by atoms with Crippen LogP contribution < -0.4 is 0 Å². The van der Waals surface area contributed by atoms with Crippen LogP contribution in [-0.2, 0) is 16.9 Å². The molecule has 212 valence electrons. The van der Waals surface area contributed by atoms with Crippen molar-refractivity contribution in [2.75, 3.05) is 0 Å². The third-order valence-electron chi connectivity index (χ3n) is 9.84. The van der Waals surface area contributed by atoms with E-state index in [2.05, 4.69) is 5.16 Å². The maximum atomic E-state index is 12.3. The zero-order valence-corrected chi connectivity index (χ0v) is 24.4. The van der Waals surface area contributed by atoms with Gasteiger partial charge in [-0.3, -0.25) is 0 Å². The van der Waals surface area contributed by atoms with Gasteiger partial charge in [0, 0.05) is 17.0 Å². The Morgan fingerprint density at radius 3 is 2.51 bits per heavy atom. The monoisotopic (exact) mass is 610 g/mol. The normalized spacial score (nSPS) is 30.4. The summed E-state index contributed by atoms with van der Waals surface area (Å²) in [6, 6.07) is 10.4. The molecule has 41 heavy (non-hydrogen) atoms. The molecule has 0 amide bonds. The number of carboxylic acid groups (broad SMARTS) is 1. The van der Waals surface area contributed by atoms with E-state index in [1.165, 1.54) is 11.3 Å². The number of thiazole rings is 1. The molecule has 2 N–H and O–H groups in total. The summed E-state index contributed by atoms with van der Waals surface area (Å²) in [4.78, 5) is 16.3. The highest BCUT2D eigenvalue weighted by molar-refractivity contribution is 7.18. The number of halogens is 2. The van der Waals surface area contributed by atoms with Crippen LogP contribution in [0.4, 0.5) is 0 Å². The Morgan fingerprint density at radius 1 is 1.10 bits per heavy atom. The second-order valence-corrected chi connectivity index (χ2v) is 14.2. The van der Waals surface area contributed by atoms with Gasteiger partial charge in [0.15, 0.2) is 0 Å². The fourth-order valence-corrected chi connectivity index (χ4v) is 9.77. The smallest absolute Gasteiger partial charge is 0.335 e. The number of aromatic carboxylic acids is 1. The lowest BCUT2D eigenvalue weighted by Crippen LogP contribution is -2.62. The number of hydrogen-bond donors (Lipinski definition) is 2. The molecule has 10 heteroatoms. The molecule has 0 aliphatic heterocycles. The highest BCUT2D eigenvalue weighted by Gasteiger charge is 2.64. The summed E-state index contributed by atoms with van der Waals surface area (Å²) >= 11 is 14.6. The minimum absolute atomic E-state index is 0.0242. The molecule has 0 saturated heterocycles. The van der Waals surface area contributed by atoms with E-state index < -0.39 is 11.6 Å². The Kier molecular flexibility index (Phi) is 5.90. The number of aliphatic hydroxyl groups is 1. The number of ether oxygens (including phenoxy) is 1. The van der Waals surface area contributed by atoms with E-state index in [0.29, 0.717) is 44.8 Å². The van der Waals surface area contributed by atoms with Crippen molar-refractivity contribution in [3.05, 3.63) is 68.3 Å². The van der Waals surface area contributed by atoms with Crippen molar-refractivity contribution in [3.8, 4) is 11.3 Å². The van der Waals surface area contributed by atoms with Crippen LogP contribution in [0.25, 0.3) is 21.5 Å². The number of carboxylic acids is 1. The summed E-state index contributed by atoms with van der Waals surface area (Å²) in [6.07, 6.45) is 6.49. The Labute approximate surface area is 250 Å². The van der Waals surface area contributed by atoms with E-state index >= 15 is 0 Å². The van der Waals surface area contributed by atoms with E-state index in [4.69, 9.17) is 37.4 Å². The highest BCUT2D eigenvalue weighted by atomic mass is 35.5. The van der Waals surface area contributed by atoms with Gasteiger partial charge in [0.2, 0.25) is 0 Å². The van der Waals surface area contributed by atoms with Crippen LogP contribution in [0.2, 0.25) is 10.0 Å². The molecule has 4 aromatic rings. The lowest BCUT2D eigenvalue weighted by Gasteiger charge is -2.62. The van der Waals surface area contributed by atoms with Crippen LogP contribution >= 0.6 is 34.5 Å². The van der Waals surface area contributed by atoms with Crippen molar-refractivity contribution < 1.29 is 24.3 Å². The number of fused-ring (bicyclic) bond motifs is 1. The fourth-order valence-electron chi connectivity index (χ4n) is 7.94. The van der Waals surface area contributed by atoms with Gasteiger partial charge >= 0.3 is 5.97 Å². The molecule has 0 radical (unpaired) electrons. The summed E-state index contributed by atoms with van der Waals surface area (Å²) < 4.78 is 13.6. The van der Waals surface area contributed by atoms with Gasteiger partial charge in [0.05, 0.1) is 38.0 Å². The number of benzene rings is 2. The first-order chi connectivity index (χ1) is 19.7. The molecule has 5 aliphatic carbocycles. The highest BCUT2D eigenvalue weighted by Crippen LogP contribution is 2.65. The molecular formula is C31H28Cl2N2O5S. The summed E-state index contributed by atoms with van der Waals surface area (Å²) in [7, 11) is 0. The van der Waals surface area contributed by atoms with Crippen LogP contribution in [-0.4, -0.2) is 31.9 Å². The van der Waals surface area contributed by atoms with Crippen LogP contribution in [0.1, 0.15) is 77.6 Å². The molecule has 5 saturated carbocycles. The molecule has 2 aromatic carbocycles. The summed E-state index contributed by atoms with van der Waals surface area (Å²) in [5.74, 6) is 0.786. The number of rotatable bonds is 7. The molecule has 4 bridgehead atoms. The third kappa shape index (κ3) is 4.09. The van der Waals surface area contributed by atoms with E-state index in [-0.39, 0.29) is 23.0 Å². The molecule has 9 rings (SSSR count). The Balaban J connectivity index is 1.10. The maximum Gasteiger partial charge on any atom is 0.335 e. The van der Waals surface area contributed by atoms with Crippen molar-refractivity contribution >= 4 is 50.7 Å². The van der Waals surface area contributed by atoms with E-state index in [9.17, 15) is 15.0 Å². The lowest BCUT2D eigenvalue weighted by atomic mass is 9.48. The van der Waals surface area contributed by atoms with Gasteiger partial charge in [-0.1, -0.05) is 34.4 Å². The van der Waals surface area contributed by atoms with Crippen molar-refractivity contribution in [1.82, 2.24) is 10.1 Å². The van der Waals surface area contributed by atoms with Crippen molar-refractivity contribution in [2.24, 2.45) is 17.8 Å². The lowest BCUT2D eigenvalue weighted by molar-refractivity contribution is -0.250. The molecular weight excluding hydrogens is 583 g/mol. The van der Waals surface area contributed by atoms with Crippen LogP contribution in [0.3, 0.4) is 0 Å². The topological polar surface area (TPSA) is 106 Å². The van der Waals surface area contributed by atoms with Gasteiger partial charge in [-0.15, -0.1) is 11.3 Å². The number of carbonyl (C=O) groups is 1. The average Bonchev–Trinajstić information content (AvgIpc) is 3.55. The molecule has 0 unspecified atom stereocenters. The van der Waals surface area contributed by atoms with Gasteiger partial charge in [0.1, 0.15) is 22.1 Å². The molecule has 2 heterocycles. The number of nitrogens with zero attached hydrogens (tertiary/aromatic N) is 2. The first-order valence-electron chi connectivity index (χ1n) is 14.2. The second-order valence-electron chi connectivity index (χ2n) is 12.4. The maximum absolute atomic E-state index is 12.3. The molecule has 2 aromatic heterocycles. The molecule has 5 aliphatic rings. The molecule has 7 nitrogen and oxygen atoms in total. The summed E-state index contributed by atoms with van der Waals surface area (Å²) in [5, 5.41) is 27.9. The zero-order valence-electron chi connectivity index (χ0n) is 22.1. The van der Waals surface area contributed by atoms with E-state index in [1.54, 1.807) is 18.2 Å². The molecule has 0 spiro atoms. The Hall–Kier alpha value is -2.49. The molecule has 5 fully saturated rings. The average molecular weight is 612 g/mol. The third-order valence-corrected chi connectivity index (χ3v) is 11.6. The minimum atomic E-state index is -1.04. The van der Waals surface area contributed by atoms with E-state index in [0.717, 1.165) is 66.5 Å².